The molecule has 1 aliphatic rings. The summed E-state index contributed by atoms with van der Waals surface area (Å²) >= 11 is 5.82. The van der Waals surface area contributed by atoms with Gasteiger partial charge in [-0.15, -0.1) is 0 Å². The number of carbonyl (C=O) groups excluding carboxylic acids is 2. The van der Waals surface area contributed by atoms with Crippen molar-refractivity contribution < 1.29 is 14.3 Å². The maximum Gasteiger partial charge on any atom is 0.265 e. The summed E-state index contributed by atoms with van der Waals surface area (Å²) in [6.45, 7) is 3.90. The van der Waals surface area contributed by atoms with Gasteiger partial charge in [0.1, 0.15) is 5.75 Å². The zero-order chi connectivity index (χ0) is 19.9. The summed E-state index contributed by atoms with van der Waals surface area (Å²) in [6.07, 6.45) is 1.37. The Kier molecular flexibility index (Phi) is 6.90. The number of nitrogens with one attached hydrogen (secondary N) is 3. The van der Waals surface area contributed by atoms with Crippen molar-refractivity contribution in [2.45, 2.75) is 32.4 Å². The van der Waals surface area contributed by atoms with Crippen LogP contribution in [0.25, 0.3) is 0 Å². The molecular weight excluding hydrogens is 378 g/mol. The van der Waals surface area contributed by atoms with E-state index in [9.17, 15) is 9.59 Å². The van der Waals surface area contributed by atoms with E-state index in [1.807, 2.05) is 18.2 Å². The second-order valence-corrected chi connectivity index (χ2v) is 7.16. The lowest BCUT2D eigenvalue weighted by molar-refractivity contribution is -0.122. The third-order valence-electron chi connectivity index (χ3n) is 4.48. The van der Waals surface area contributed by atoms with Gasteiger partial charge in [-0.05, 0) is 68.3 Å². The minimum atomic E-state index is -0.461. The Labute approximate surface area is 169 Å². The summed E-state index contributed by atoms with van der Waals surface area (Å²) < 4.78 is 5.55. The molecule has 3 N–H and O–H groups in total. The van der Waals surface area contributed by atoms with Crippen LogP contribution < -0.4 is 20.7 Å². The summed E-state index contributed by atoms with van der Waals surface area (Å²) in [7, 11) is 0. The molecule has 28 heavy (non-hydrogen) atoms. The lowest BCUT2D eigenvalue weighted by Gasteiger charge is -2.23. The molecule has 6 nitrogen and oxygen atoms in total. The van der Waals surface area contributed by atoms with E-state index in [0.29, 0.717) is 35.1 Å². The predicted molar refractivity (Wildman–Crippen MR) is 110 cm³/mol. The molecule has 2 amide bonds. The molecule has 0 saturated carbocycles. The molecule has 2 aromatic rings. The summed E-state index contributed by atoms with van der Waals surface area (Å²) in [5.74, 6) is 0.489. The highest BCUT2D eigenvalue weighted by Gasteiger charge is 2.23. The van der Waals surface area contributed by atoms with Crippen molar-refractivity contribution in [3.8, 4) is 5.75 Å². The van der Waals surface area contributed by atoms with Gasteiger partial charge >= 0.3 is 0 Å². The van der Waals surface area contributed by atoms with Crippen molar-refractivity contribution in [3.63, 3.8) is 0 Å². The number of fused-ring (bicyclic) bond motifs is 1. The fourth-order valence-corrected chi connectivity index (χ4v) is 3.00. The van der Waals surface area contributed by atoms with Crippen LogP contribution in [0.1, 0.15) is 35.7 Å². The number of hydrogen-bond donors (Lipinski definition) is 3. The van der Waals surface area contributed by atoms with Gasteiger partial charge in [0.05, 0.1) is 5.69 Å². The zero-order valence-corrected chi connectivity index (χ0v) is 16.5. The molecular formula is C21H24ClN3O3. The Morgan fingerprint density at radius 2 is 1.89 bits per heavy atom. The number of carbonyl (C=O) groups is 2. The highest BCUT2D eigenvalue weighted by molar-refractivity contribution is 6.30. The quantitative estimate of drug-likeness (QED) is 0.592. The Balaban J connectivity index is 1.32. The second-order valence-electron chi connectivity index (χ2n) is 6.73. The van der Waals surface area contributed by atoms with E-state index in [0.717, 1.165) is 24.9 Å². The van der Waals surface area contributed by atoms with Gasteiger partial charge in [0.15, 0.2) is 6.10 Å². The van der Waals surface area contributed by atoms with Gasteiger partial charge in [-0.1, -0.05) is 17.7 Å². The molecule has 2 aromatic carbocycles. The lowest BCUT2D eigenvalue weighted by Crippen LogP contribution is -2.34. The van der Waals surface area contributed by atoms with Crippen molar-refractivity contribution >= 4 is 29.1 Å². The normalized spacial score (nSPS) is 15.4. The fraction of sp³-hybridized carbons (Fsp3) is 0.333. The maximum absolute atomic E-state index is 12.0. The number of rotatable bonds is 8. The van der Waals surface area contributed by atoms with Crippen molar-refractivity contribution in [1.29, 1.82) is 0 Å². The SMILES string of the molecule is CC1Oc2ccc(CNCCCCNC(=O)c3ccc(Cl)cc3)cc2NC1=O. The van der Waals surface area contributed by atoms with Crippen LogP contribution in [0.5, 0.6) is 5.75 Å². The van der Waals surface area contributed by atoms with Gasteiger partial charge in [-0.2, -0.15) is 0 Å². The van der Waals surface area contributed by atoms with Crippen LogP contribution in [-0.2, 0) is 11.3 Å². The molecule has 0 spiro atoms. The lowest BCUT2D eigenvalue weighted by atomic mass is 10.1. The number of ether oxygens (including phenoxy) is 1. The van der Waals surface area contributed by atoms with Gasteiger partial charge in [0.25, 0.3) is 11.8 Å². The minimum Gasteiger partial charge on any atom is -0.479 e. The van der Waals surface area contributed by atoms with E-state index in [1.54, 1.807) is 31.2 Å². The van der Waals surface area contributed by atoms with Crippen LogP contribution in [0, 0.1) is 0 Å². The minimum absolute atomic E-state index is 0.0859. The summed E-state index contributed by atoms with van der Waals surface area (Å²) in [5, 5.41) is 9.75. The van der Waals surface area contributed by atoms with E-state index in [-0.39, 0.29) is 11.8 Å². The first-order valence-corrected chi connectivity index (χ1v) is 9.75. The first-order chi connectivity index (χ1) is 13.5. The van der Waals surface area contributed by atoms with Crippen molar-refractivity contribution in [2.75, 3.05) is 18.4 Å². The molecule has 1 unspecified atom stereocenters. The Hall–Kier alpha value is -2.57. The van der Waals surface area contributed by atoms with Gasteiger partial charge in [-0.25, -0.2) is 0 Å². The van der Waals surface area contributed by atoms with Gasteiger partial charge in [0, 0.05) is 23.7 Å². The fourth-order valence-electron chi connectivity index (χ4n) is 2.88. The van der Waals surface area contributed by atoms with Crippen LogP contribution in [0.2, 0.25) is 5.02 Å². The number of hydrogen-bond acceptors (Lipinski definition) is 4. The summed E-state index contributed by atoms with van der Waals surface area (Å²) in [4.78, 5) is 23.7. The number of benzene rings is 2. The van der Waals surface area contributed by atoms with E-state index < -0.39 is 6.10 Å². The van der Waals surface area contributed by atoms with E-state index in [2.05, 4.69) is 16.0 Å². The summed E-state index contributed by atoms with van der Waals surface area (Å²) in [6, 6.07) is 12.6. The molecule has 148 valence electrons. The summed E-state index contributed by atoms with van der Waals surface area (Å²) in [5.41, 5.74) is 2.40. The second kappa shape index (κ2) is 9.57. The highest BCUT2D eigenvalue weighted by atomic mass is 35.5. The number of anilines is 1. The van der Waals surface area contributed by atoms with Crippen molar-refractivity contribution in [3.05, 3.63) is 58.6 Å². The molecule has 3 rings (SSSR count). The van der Waals surface area contributed by atoms with Crippen LogP contribution in [0.3, 0.4) is 0 Å². The third-order valence-corrected chi connectivity index (χ3v) is 4.73. The van der Waals surface area contributed by atoms with Crippen molar-refractivity contribution in [2.24, 2.45) is 0 Å². The molecule has 0 aromatic heterocycles. The standard InChI is InChI=1S/C21H24ClN3O3/c1-14-20(26)25-18-12-15(4-9-19(18)28-14)13-23-10-2-3-11-24-21(27)16-5-7-17(22)8-6-16/h4-9,12,14,23H,2-3,10-11,13H2,1H3,(H,24,27)(H,25,26). The number of unbranched alkanes of at least 4 members (excludes halogenated alkanes) is 1. The molecule has 0 radical (unpaired) electrons. The van der Waals surface area contributed by atoms with Crippen LogP contribution in [0.15, 0.2) is 42.5 Å². The molecule has 0 bridgehead atoms. The topological polar surface area (TPSA) is 79.5 Å². The maximum atomic E-state index is 12.0. The Morgan fingerprint density at radius 3 is 2.68 bits per heavy atom. The largest absolute Gasteiger partial charge is 0.479 e. The first kappa shape index (κ1) is 20.2. The average Bonchev–Trinajstić information content (AvgIpc) is 2.68. The molecule has 1 heterocycles. The highest BCUT2D eigenvalue weighted by Crippen LogP contribution is 2.30. The van der Waals surface area contributed by atoms with E-state index in [4.69, 9.17) is 16.3 Å². The van der Waals surface area contributed by atoms with Crippen LogP contribution in [-0.4, -0.2) is 31.0 Å². The molecule has 1 atom stereocenters. The molecule has 7 heteroatoms. The van der Waals surface area contributed by atoms with E-state index >= 15 is 0 Å². The molecule has 0 aliphatic carbocycles. The first-order valence-electron chi connectivity index (χ1n) is 9.38. The van der Waals surface area contributed by atoms with Crippen molar-refractivity contribution in [1.82, 2.24) is 10.6 Å². The van der Waals surface area contributed by atoms with Gasteiger partial charge < -0.3 is 20.7 Å². The van der Waals surface area contributed by atoms with Gasteiger partial charge in [-0.3, -0.25) is 9.59 Å². The van der Waals surface area contributed by atoms with E-state index in [1.165, 1.54) is 0 Å². The predicted octanol–water partition coefficient (Wildman–Crippen LogP) is 3.36. The Bertz CT molecular complexity index is 839. The number of halogens is 1. The Morgan fingerprint density at radius 1 is 1.14 bits per heavy atom. The van der Waals surface area contributed by atoms with Gasteiger partial charge in [0.2, 0.25) is 0 Å². The molecule has 0 fully saturated rings. The van der Waals surface area contributed by atoms with Crippen LogP contribution in [0.4, 0.5) is 5.69 Å². The van der Waals surface area contributed by atoms with Crippen LogP contribution >= 0.6 is 11.6 Å². The zero-order valence-electron chi connectivity index (χ0n) is 15.8. The third kappa shape index (κ3) is 5.47. The molecule has 1 aliphatic heterocycles. The molecule has 0 saturated heterocycles. The number of amides is 2. The average molecular weight is 402 g/mol. The monoisotopic (exact) mass is 401 g/mol. The smallest absolute Gasteiger partial charge is 0.265 e.